The van der Waals surface area contributed by atoms with E-state index in [9.17, 15) is 14.7 Å². The summed E-state index contributed by atoms with van der Waals surface area (Å²) in [6, 6.07) is 21.7. The number of carboxylic acid groups (broad SMARTS) is 1. The number of benzene rings is 3. The van der Waals surface area contributed by atoms with Gasteiger partial charge in [0, 0.05) is 30.5 Å². The third-order valence-electron chi connectivity index (χ3n) is 8.91. The molecule has 2 aliphatic heterocycles. The molecule has 0 saturated carbocycles. The fourth-order valence-electron chi connectivity index (χ4n) is 6.82. The molecule has 2 heterocycles. The summed E-state index contributed by atoms with van der Waals surface area (Å²) in [4.78, 5) is 29.2. The molecular weight excluding hydrogens is 540 g/mol. The zero-order chi connectivity index (χ0) is 31.1. The number of ether oxygens (including phenoxy) is 2. The van der Waals surface area contributed by atoms with Crippen LogP contribution in [-0.4, -0.2) is 47.2 Å². The lowest BCUT2D eigenvalue weighted by atomic mass is 9.72. The molecular formula is C36H44N2O5. The zero-order valence-electron chi connectivity index (χ0n) is 26.3. The van der Waals surface area contributed by atoms with Gasteiger partial charge in [0.05, 0.1) is 13.2 Å². The topological polar surface area (TPSA) is 88.1 Å². The number of carbonyl (C=O) groups excluding carboxylic acids is 1. The van der Waals surface area contributed by atoms with Crippen LogP contribution in [0.3, 0.4) is 0 Å². The summed E-state index contributed by atoms with van der Waals surface area (Å²) >= 11 is 0. The molecule has 0 aromatic heterocycles. The summed E-state index contributed by atoms with van der Waals surface area (Å²) < 4.78 is 11.9. The van der Waals surface area contributed by atoms with Gasteiger partial charge in [0.25, 0.3) is 5.91 Å². The van der Waals surface area contributed by atoms with Gasteiger partial charge in [0.15, 0.2) is 6.10 Å². The van der Waals surface area contributed by atoms with Crippen molar-refractivity contribution < 1.29 is 24.2 Å². The van der Waals surface area contributed by atoms with Gasteiger partial charge in [-0.1, -0.05) is 102 Å². The average Bonchev–Trinajstić information content (AvgIpc) is 3.55. The maximum atomic E-state index is 14.5. The molecule has 2 N–H and O–H groups in total. The van der Waals surface area contributed by atoms with E-state index in [1.165, 1.54) is 5.56 Å². The molecule has 0 aliphatic carbocycles. The lowest BCUT2D eigenvalue weighted by Crippen LogP contribution is -2.51. The van der Waals surface area contributed by atoms with E-state index in [1.807, 2.05) is 60.7 Å². The molecule has 1 fully saturated rings. The first-order valence-electron chi connectivity index (χ1n) is 15.1. The highest BCUT2D eigenvalue weighted by Crippen LogP contribution is 2.49. The standard InChI is InChI=1S/C36H44N2O5/c1-35(2,3)25-17-18-26(42-7)24(19-25)21-37-30-29(36(4,5)6)32(34(40)41)38(31(30)22-13-9-8-10-14-22)33(39)28-20-23-15-11-12-16-27(23)43-28/h8-19,28-32,37H,20-21H2,1-7H3,(H,40,41)/t28-,29-,30-,31-,32-/m0/s1. The van der Waals surface area contributed by atoms with Crippen molar-refractivity contribution in [3.8, 4) is 11.5 Å². The van der Waals surface area contributed by atoms with Crippen molar-refractivity contribution in [1.29, 1.82) is 0 Å². The number of nitrogens with zero attached hydrogens (tertiary/aromatic N) is 1. The van der Waals surface area contributed by atoms with Crippen LogP contribution in [0, 0.1) is 11.3 Å². The number of fused-ring (bicyclic) bond motifs is 1. The number of para-hydroxylation sites is 1. The van der Waals surface area contributed by atoms with Crippen molar-refractivity contribution in [2.24, 2.45) is 11.3 Å². The van der Waals surface area contributed by atoms with Gasteiger partial charge in [0.2, 0.25) is 0 Å². The molecule has 43 heavy (non-hydrogen) atoms. The van der Waals surface area contributed by atoms with Gasteiger partial charge >= 0.3 is 5.97 Å². The maximum Gasteiger partial charge on any atom is 0.326 e. The number of likely N-dealkylation sites (tertiary alicyclic amines) is 1. The van der Waals surface area contributed by atoms with E-state index in [2.05, 4.69) is 59.0 Å². The Hall–Kier alpha value is -3.84. The fraction of sp³-hybridized carbons (Fsp3) is 0.444. The molecule has 0 bridgehead atoms. The molecule has 1 amide bonds. The SMILES string of the molecule is COc1ccc(C(C)(C)C)cc1CN[C@H]1[C@H](C(C)(C)C)[C@@H](C(=O)O)N(C(=O)[C@@H]2Cc3ccccc3O2)[C@H]1c1ccccc1. The molecule has 5 atom stereocenters. The van der Waals surface area contributed by atoms with Gasteiger partial charge in [-0.05, 0) is 39.7 Å². The van der Waals surface area contributed by atoms with Crippen molar-refractivity contribution in [3.63, 3.8) is 0 Å². The van der Waals surface area contributed by atoms with E-state index >= 15 is 0 Å². The van der Waals surface area contributed by atoms with Crippen molar-refractivity contribution in [1.82, 2.24) is 10.2 Å². The molecule has 3 aromatic rings. The first kappa shape index (κ1) is 30.6. The lowest BCUT2D eigenvalue weighted by molar-refractivity contribution is -0.155. The Morgan fingerprint density at radius 2 is 1.65 bits per heavy atom. The van der Waals surface area contributed by atoms with E-state index in [4.69, 9.17) is 9.47 Å². The van der Waals surface area contributed by atoms with Crippen LogP contribution >= 0.6 is 0 Å². The predicted octanol–water partition coefficient (Wildman–Crippen LogP) is 6.15. The van der Waals surface area contributed by atoms with Crippen molar-refractivity contribution in [2.45, 2.75) is 84.2 Å². The van der Waals surface area contributed by atoms with E-state index in [0.717, 1.165) is 22.4 Å². The second-order valence-corrected chi connectivity index (χ2v) is 13.9. The van der Waals surface area contributed by atoms with Gasteiger partial charge in [-0.3, -0.25) is 4.79 Å². The van der Waals surface area contributed by atoms with Crippen molar-refractivity contribution in [3.05, 3.63) is 95.1 Å². The number of nitrogens with one attached hydrogen (secondary N) is 1. The Kier molecular flexibility index (Phi) is 8.32. The Morgan fingerprint density at radius 3 is 2.26 bits per heavy atom. The van der Waals surface area contributed by atoms with Crippen molar-refractivity contribution in [2.75, 3.05) is 7.11 Å². The highest BCUT2D eigenvalue weighted by Gasteiger charge is 2.59. The summed E-state index contributed by atoms with van der Waals surface area (Å²) in [7, 11) is 1.66. The van der Waals surface area contributed by atoms with E-state index in [0.29, 0.717) is 18.7 Å². The number of methoxy groups -OCH3 is 1. The van der Waals surface area contributed by atoms with E-state index in [-0.39, 0.29) is 17.4 Å². The third-order valence-corrected chi connectivity index (χ3v) is 8.91. The van der Waals surface area contributed by atoms with E-state index in [1.54, 1.807) is 12.0 Å². The van der Waals surface area contributed by atoms with Crippen LogP contribution in [0.5, 0.6) is 11.5 Å². The van der Waals surface area contributed by atoms with Crippen LogP contribution in [0.4, 0.5) is 0 Å². The van der Waals surface area contributed by atoms with Gasteiger partial charge in [-0.25, -0.2) is 4.79 Å². The molecule has 1 saturated heterocycles. The highest BCUT2D eigenvalue weighted by molar-refractivity contribution is 5.89. The highest BCUT2D eigenvalue weighted by atomic mass is 16.5. The minimum atomic E-state index is -1.05. The van der Waals surface area contributed by atoms with Crippen molar-refractivity contribution >= 4 is 11.9 Å². The number of hydrogen-bond acceptors (Lipinski definition) is 5. The molecule has 7 nitrogen and oxygen atoms in total. The van der Waals surface area contributed by atoms with Crippen LogP contribution < -0.4 is 14.8 Å². The Balaban J connectivity index is 1.58. The van der Waals surface area contributed by atoms with Gasteiger partial charge in [0.1, 0.15) is 17.5 Å². The van der Waals surface area contributed by atoms with Gasteiger partial charge < -0.3 is 24.8 Å². The summed E-state index contributed by atoms with van der Waals surface area (Å²) in [5, 5.41) is 14.5. The second-order valence-electron chi connectivity index (χ2n) is 13.9. The molecule has 228 valence electrons. The minimum Gasteiger partial charge on any atom is -0.496 e. The largest absolute Gasteiger partial charge is 0.496 e. The quantitative estimate of drug-likeness (QED) is 0.346. The van der Waals surface area contributed by atoms with Crippen LogP contribution in [0.1, 0.15) is 69.8 Å². The summed E-state index contributed by atoms with van der Waals surface area (Å²) in [6.45, 7) is 13.1. The maximum absolute atomic E-state index is 14.5. The molecule has 3 aromatic carbocycles. The van der Waals surface area contributed by atoms with Crippen LogP contribution in [0.25, 0.3) is 0 Å². The van der Waals surface area contributed by atoms with Crippen LogP contribution in [0.2, 0.25) is 0 Å². The number of aliphatic carboxylic acids is 1. The van der Waals surface area contributed by atoms with Crippen LogP contribution in [0.15, 0.2) is 72.8 Å². The number of carbonyl (C=O) groups is 2. The van der Waals surface area contributed by atoms with Gasteiger partial charge in [-0.15, -0.1) is 0 Å². The van der Waals surface area contributed by atoms with Gasteiger partial charge in [-0.2, -0.15) is 0 Å². The molecule has 0 radical (unpaired) electrons. The molecule has 2 aliphatic rings. The summed E-state index contributed by atoms with van der Waals surface area (Å²) in [5.74, 6) is -0.276. The Labute approximate surface area is 255 Å². The Bertz CT molecular complexity index is 1450. The fourth-order valence-corrected chi connectivity index (χ4v) is 6.82. The number of amides is 1. The molecule has 0 unspecified atom stereocenters. The normalized spacial score (nSPS) is 23.5. The number of rotatable bonds is 7. The molecule has 0 spiro atoms. The summed E-state index contributed by atoms with van der Waals surface area (Å²) in [6.07, 6.45) is -0.373. The Morgan fingerprint density at radius 1 is 0.977 bits per heavy atom. The summed E-state index contributed by atoms with van der Waals surface area (Å²) in [5.41, 5.74) is 3.51. The monoisotopic (exact) mass is 584 g/mol. The molecule has 5 rings (SSSR count). The second kappa shape index (κ2) is 11.7. The predicted molar refractivity (Wildman–Crippen MR) is 167 cm³/mol. The lowest BCUT2D eigenvalue weighted by Gasteiger charge is -2.35. The number of carboxylic acids is 1. The smallest absolute Gasteiger partial charge is 0.326 e. The van der Waals surface area contributed by atoms with Crippen LogP contribution in [-0.2, 0) is 28.0 Å². The van der Waals surface area contributed by atoms with E-state index < -0.39 is 35.5 Å². The third kappa shape index (κ3) is 6.00. The zero-order valence-corrected chi connectivity index (χ0v) is 26.3. The molecule has 7 heteroatoms. The average molecular weight is 585 g/mol. The minimum absolute atomic E-state index is 0.0502. The first-order chi connectivity index (χ1) is 20.3. The first-order valence-corrected chi connectivity index (χ1v) is 15.1. The number of hydrogen-bond donors (Lipinski definition) is 2.